The minimum Gasteiger partial charge on any atom is -0.396 e. The predicted octanol–water partition coefficient (Wildman–Crippen LogP) is 0.636. The van der Waals surface area contributed by atoms with Crippen LogP contribution in [0.3, 0.4) is 0 Å². The molecular weight excluding hydrogens is 266 g/mol. The zero-order valence-electron chi connectivity index (χ0n) is 13.0. The fourth-order valence-electron chi connectivity index (χ4n) is 2.94. The quantitative estimate of drug-likeness (QED) is 0.884. The summed E-state index contributed by atoms with van der Waals surface area (Å²) in [6.45, 7) is 8.97. The minimum atomic E-state index is 0.145. The third-order valence-corrected chi connectivity index (χ3v) is 4.66. The maximum Gasteiger partial charge on any atom is 0.244 e. The molecule has 6 heteroatoms. The van der Waals surface area contributed by atoms with Crippen molar-refractivity contribution in [1.82, 2.24) is 19.6 Å². The number of anilines is 1. The van der Waals surface area contributed by atoms with Gasteiger partial charge in [0.1, 0.15) is 6.54 Å². The van der Waals surface area contributed by atoms with E-state index in [0.29, 0.717) is 12.2 Å². The first kappa shape index (κ1) is 14.4. The molecule has 2 heterocycles. The fraction of sp³-hybridized carbons (Fsp3) is 0.733. The van der Waals surface area contributed by atoms with Crippen molar-refractivity contribution in [2.24, 2.45) is 5.92 Å². The van der Waals surface area contributed by atoms with Crippen molar-refractivity contribution in [3.8, 4) is 0 Å². The summed E-state index contributed by atoms with van der Waals surface area (Å²) in [7, 11) is 0. The average Bonchev–Trinajstić information content (AvgIpc) is 3.25. The summed E-state index contributed by atoms with van der Waals surface area (Å²) in [4.78, 5) is 16.8. The Morgan fingerprint density at radius 2 is 1.90 bits per heavy atom. The molecule has 0 bridgehead atoms. The third kappa shape index (κ3) is 3.20. The first-order valence-corrected chi connectivity index (χ1v) is 7.84. The van der Waals surface area contributed by atoms with E-state index in [1.807, 2.05) is 18.7 Å². The maximum atomic E-state index is 12.4. The van der Waals surface area contributed by atoms with Crippen molar-refractivity contribution in [2.75, 3.05) is 38.5 Å². The van der Waals surface area contributed by atoms with Crippen LogP contribution < -0.4 is 5.73 Å². The Bertz CT molecular complexity index is 526. The Morgan fingerprint density at radius 1 is 1.24 bits per heavy atom. The van der Waals surface area contributed by atoms with E-state index in [1.165, 1.54) is 19.4 Å². The van der Waals surface area contributed by atoms with Crippen LogP contribution in [0.1, 0.15) is 24.2 Å². The van der Waals surface area contributed by atoms with Crippen molar-refractivity contribution in [1.29, 1.82) is 0 Å². The number of amides is 1. The molecule has 0 unspecified atom stereocenters. The summed E-state index contributed by atoms with van der Waals surface area (Å²) in [5.74, 6) is 1.07. The molecule has 21 heavy (non-hydrogen) atoms. The number of aryl methyl sites for hydroxylation is 1. The molecular formula is C15H25N5O. The molecule has 1 aliphatic heterocycles. The summed E-state index contributed by atoms with van der Waals surface area (Å²) < 4.78 is 1.73. The van der Waals surface area contributed by atoms with Crippen LogP contribution in [-0.2, 0) is 11.3 Å². The Labute approximate surface area is 125 Å². The smallest absolute Gasteiger partial charge is 0.244 e. The second kappa shape index (κ2) is 5.67. The molecule has 3 rings (SSSR count). The second-order valence-corrected chi connectivity index (χ2v) is 6.37. The summed E-state index contributed by atoms with van der Waals surface area (Å²) in [5.41, 5.74) is 8.29. The Morgan fingerprint density at radius 3 is 2.43 bits per heavy atom. The van der Waals surface area contributed by atoms with Crippen molar-refractivity contribution >= 4 is 11.6 Å². The van der Waals surface area contributed by atoms with E-state index >= 15 is 0 Å². The van der Waals surface area contributed by atoms with Gasteiger partial charge >= 0.3 is 0 Å². The van der Waals surface area contributed by atoms with Gasteiger partial charge in [-0.3, -0.25) is 14.4 Å². The standard InChI is InChI=1S/C15H25N5O/c1-11-15(16)12(2)20(17-11)10-14(21)19-7-5-18(6-8-19)9-13-3-4-13/h13H,3-10,16H2,1-2H3. The van der Waals surface area contributed by atoms with Gasteiger partial charge in [0.2, 0.25) is 5.91 Å². The van der Waals surface area contributed by atoms with Gasteiger partial charge in [-0.1, -0.05) is 0 Å². The zero-order chi connectivity index (χ0) is 15.0. The van der Waals surface area contributed by atoms with Gasteiger partial charge in [-0.2, -0.15) is 5.10 Å². The number of hydrogen-bond acceptors (Lipinski definition) is 4. The molecule has 0 aromatic carbocycles. The highest BCUT2D eigenvalue weighted by molar-refractivity contribution is 5.76. The normalized spacial score (nSPS) is 20.0. The summed E-state index contributed by atoms with van der Waals surface area (Å²) >= 11 is 0. The number of piperazine rings is 1. The number of hydrogen-bond donors (Lipinski definition) is 1. The van der Waals surface area contributed by atoms with Gasteiger partial charge in [0, 0.05) is 32.7 Å². The first-order valence-electron chi connectivity index (χ1n) is 7.84. The van der Waals surface area contributed by atoms with Crippen molar-refractivity contribution in [2.45, 2.75) is 33.2 Å². The topological polar surface area (TPSA) is 67.4 Å². The highest BCUT2D eigenvalue weighted by Crippen LogP contribution is 2.29. The van der Waals surface area contributed by atoms with E-state index in [0.717, 1.165) is 43.5 Å². The van der Waals surface area contributed by atoms with Gasteiger partial charge < -0.3 is 10.6 Å². The second-order valence-electron chi connectivity index (χ2n) is 6.37. The molecule has 1 aromatic heterocycles. The molecule has 6 nitrogen and oxygen atoms in total. The van der Waals surface area contributed by atoms with Gasteiger partial charge in [0.15, 0.2) is 0 Å². The number of rotatable bonds is 4. The van der Waals surface area contributed by atoms with Gasteiger partial charge in [-0.15, -0.1) is 0 Å². The fourth-order valence-corrected chi connectivity index (χ4v) is 2.94. The van der Waals surface area contributed by atoms with Crippen molar-refractivity contribution in [3.63, 3.8) is 0 Å². The van der Waals surface area contributed by atoms with E-state index < -0.39 is 0 Å². The maximum absolute atomic E-state index is 12.4. The van der Waals surface area contributed by atoms with Crippen LogP contribution in [0, 0.1) is 19.8 Å². The number of aromatic nitrogens is 2. The molecule has 2 aliphatic rings. The average molecular weight is 291 g/mol. The first-order chi connectivity index (χ1) is 10.0. The Hall–Kier alpha value is -1.56. The predicted molar refractivity (Wildman–Crippen MR) is 81.9 cm³/mol. The lowest BCUT2D eigenvalue weighted by molar-refractivity contribution is -0.133. The third-order valence-electron chi connectivity index (χ3n) is 4.66. The molecule has 116 valence electrons. The zero-order valence-corrected chi connectivity index (χ0v) is 13.0. The summed E-state index contributed by atoms with van der Waals surface area (Å²) in [5, 5.41) is 4.34. The van der Waals surface area contributed by atoms with Crippen LogP contribution in [0.15, 0.2) is 0 Å². The van der Waals surface area contributed by atoms with Crippen LogP contribution in [0.4, 0.5) is 5.69 Å². The molecule has 0 spiro atoms. The lowest BCUT2D eigenvalue weighted by atomic mass is 10.2. The molecule has 2 fully saturated rings. The van der Waals surface area contributed by atoms with Crippen molar-refractivity contribution in [3.05, 3.63) is 11.4 Å². The van der Waals surface area contributed by atoms with Gasteiger partial charge in [-0.25, -0.2) is 0 Å². The van der Waals surface area contributed by atoms with Crippen LogP contribution in [0.25, 0.3) is 0 Å². The van der Waals surface area contributed by atoms with E-state index in [2.05, 4.69) is 10.00 Å². The van der Waals surface area contributed by atoms with E-state index in [9.17, 15) is 4.79 Å². The molecule has 1 aliphatic carbocycles. The van der Waals surface area contributed by atoms with E-state index in [1.54, 1.807) is 4.68 Å². The van der Waals surface area contributed by atoms with Crippen LogP contribution >= 0.6 is 0 Å². The number of carbonyl (C=O) groups excluding carboxylic acids is 1. The Balaban J connectivity index is 1.52. The molecule has 2 N–H and O–H groups in total. The summed E-state index contributed by atoms with van der Waals surface area (Å²) in [6.07, 6.45) is 2.77. The number of nitrogens with zero attached hydrogens (tertiary/aromatic N) is 4. The van der Waals surface area contributed by atoms with Gasteiger partial charge in [-0.05, 0) is 32.6 Å². The lowest BCUT2D eigenvalue weighted by Gasteiger charge is -2.34. The van der Waals surface area contributed by atoms with Crippen molar-refractivity contribution < 1.29 is 4.79 Å². The molecule has 0 atom stereocenters. The van der Waals surface area contributed by atoms with Gasteiger partial charge in [0.25, 0.3) is 0 Å². The highest BCUT2D eigenvalue weighted by Gasteiger charge is 2.27. The van der Waals surface area contributed by atoms with E-state index in [-0.39, 0.29) is 5.91 Å². The van der Waals surface area contributed by atoms with Crippen LogP contribution in [0.2, 0.25) is 0 Å². The number of nitrogens with two attached hydrogens (primary N) is 1. The van der Waals surface area contributed by atoms with E-state index in [4.69, 9.17) is 5.73 Å². The molecule has 1 saturated heterocycles. The Kier molecular flexibility index (Phi) is 3.89. The number of nitrogen functional groups attached to an aromatic ring is 1. The number of carbonyl (C=O) groups is 1. The molecule has 1 saturated carbocycles. The summed E-state index contributed by atoms with van der Waals surface area (Å²) in [6, 6.07) is 0. The molecule has 1 amide bonds. The molecule has 1 aromatic rings. The highest BCUT2D eigenvalue weighted by atomic mass is 16.2. The minimum absolute atomic E-state index is 0.145. The van der Waals surface area contributed by atoms with Gasteiger partial charge in [0.05, 0.1) is 17.1 Å². The molecule has 0 radical (unpaired) electrons. The SMILES string of the molecule is Cc1nn(CC(=O)N2CCN(CC3CC3)CC2)c(C)c1N. The van der Waals surface area contributed by atoms with Crippen LogP contribution in [0.5, 0.6) is 0 Å². The van der Waals surface area contributed by atoms with Crippen LogP contribution in [-0.4, -0.2) is 58.2 Å². The largest absolute Gasteiger partial charge is 0.396 e. The monoisotopic (exact) mass is 291 g/mol. The lowest BCUT2D eigenvalue weighted by Crippen LogP contribution is -2.50.